The number of aliphatic hydroxyl groups is 1. The van der Waals surface area contributed by atoms with Gasteiger partial charge in [-0.15, -0.1) is 0 Å². The lowest BCUT2D eigenvalue weighted by Gasteiger charge is -2.25. The molecular formula is C13H20O5. The third kappa shape index (κ3) is 6.20. The van der Waals surface area contributed by atoms with Crippen LogP contribution < -0.4 is 0 Å². The van der Waals surface area contributed by atoms with Crippen LogP contribution in [0.5, 0.6) is 0 Å². The first-order chi connectivity index (χ1) is 8.34. The molecule has 0 aromatic rings. The molecule has 102 valence electrons. The van der Waals surface area contributed by atoms with Gasteiger partial charge in [-0.1, -0.05) is 20.1 Å². The minimum atomic E-state index is -1.54. The fraction of sp³-hybridized carbons (Fsp3) is 0.538. The Morgan fingerprint density at radius 2 is 2.06 bits per heavy atom. The van der Waals surface area contributed by atoms with Crippen molar-refractivity contribution in [2.24, 2.45) is 0 Å². The lowest BCUT2D eigenvalue weighted by molar-refractivity contribution is -0.209. The molecule has 0 aromatic heterocycles. The molecule has 0 amide bonds. The summed E-state index contributed by atoms with van der Waals surface area (Å²) in [4.78, 5) is 22.1. The van der Waals surface area contributed by atoms with E-state index in [1.165, 1.54) is 0 Å². The third-order valence-electron chi connectivity index (χ3n) is 2.30. The van der Waals surface area contributed by atoms with Crippen molar-refractivity contribution in [1.82, 2.24) is 0 Å². The molecule has 0 aliphatic rings. The quantitative estimate of drug-likeness (QED) is 0.310. The van der Waals surface area contributed by atoms with E-state index in [0.29, 0.717) is 12.0 Å². The molecule has 0 aliphatic heterocycles. The molecule has 0 rings (SSSR count). The molecule has 0 bridgehead atoms. The molecule has 0 saturated heterocycles. The van der Waals surface area contributed by atoms with Crippen molar-refractivity contribution in [2.75, 3.05) is 6.61 Å². The van der Waals surface area contributed by atoms with E-state index in [9.17, 15) is 14.7 Å². The van der Waals surface area contributed by atoms with Crippen LogP contribution in [0.4, 0.5) is 0 Å². The molecule has 1 unspecified atom stereocenters. The van der Waals surface area contributed by atoms with Crippen molar-refractivity contribution < 1.29 is 24.2 Å². The molecule has 0 radical (unpaired) electrons. The Morgan fingerprint density at radius 1 is 1.44 bits per heavy atom. The summed E-state index contributed by atoms with van der Waals surface area (Å²) < 4.78 is 9.70. The lowest BCUT2D eigenvalue weighted by atomic mass is 10.1. The highest BCUT2D eigenvalue weighted by atomic mass is 16.7. The first kappa shape index (κ1) is 16.4. The second-order valence-corrected chi connectivity index (χ2v) is 3.94. The number of hydrogen-bond donors (Lipinski definition) is 1. The van der Waals surface area contributed by atoms with E-state index in [-0.39, 0.29) is 19.4 Å². The van der Waals surface area contributed by atoms with Gasteiger partial charge >= 0.3 is 11.9 Å². The SMILES string of the molecule is C=CC(=O)OC(O)(CC)CCCOC(=O)C(=C)C. The van der Waals surface area contributed by atoms with Gasteiger partial charge in [0, 0.05) is 24.5 Å². The number of ether oxygens (including phenoxy) is 2. The molecule has 0 spiro atoms. The summed E-state index contributed by atoms with van der Waals surface area (Å²) in [6.45, 7) is 10.1. The average Bonchev–Trinajstić information content (AvgIpc) is 2.34. The maximum absolute atomic E-state index is 11.1. The zero-order chi connectivity index (χ0) is 14.2. The third-order valence-corrected chi connectivity index (χ3v) is 2.30. The molecule has 5 nitrogen and oxygen atoms in total. The highest BCUT2D eigenvalue weighted by Gasteiger charge is 2.28. The van der Waals surface area contributed by atoms with Crippen molar-refractivity contribution in [3.05, 3.63) is 24.8 Å². The van der Waals surface area contributed by atoms with Crippen molar-refractivity contribution in [3.63, 3.8) is 0 Å². The second-order valence-electron chi connectivity index (χ2n) is 3.94. The highest BCUT2D eigenvalue weighted by molar-refractivity contribution is 5.86. The van der Waals surface area contributed by atoms with Gasteiger partial charge in [-0.3, -0.25) is 0 Å². The standard InChI is InChI=1S/C13H20O5/c1-5-11(14)18-13(16,6-2)8-7-9-17-12(15)10(3)4/h5,16H,1,3,6-9H2,2,4H3. The summed E-state index contributed by atoms with van der Waals surface area (Å²) >= 11 is 0. The van der Waals surface area contributed by atoms with E-state index in [0.717, 1.165) is 6.08 Å². The molecule has 1 N–H and O–H groups in total. The molecule has 0 fully saturated rings. The normalized spacial score (nSPS) is 13.3. The van der Waals surface area contributed by atoms with Gasteiger partial charge in [0.1, 0.15) is 0 Å². The van der Waals surface area contributed by atoms with Gasteiger partial charge in [-0.05, 0) is 13.3 Å². The van der Waals surface area contributed by atoms with Gasteiger partial charge in [0.2, 0.25) is 5.79 Å². The van der Waals surface area contributed by atoms with Crippen LogP contribution in [0.25, 0.3) is 0 Å². The number of hydrogen-bond acceptors (Lipinski definition) is 5. The molecule has 1 atom stereocenters. The summed E-state index contributed by atoms with van der Waals surface area (Å²) in [6, 6.07) is 0. The zero-order valence-corrected chi connectivity index (χ0v) is 10.9. The number of carbonyl (C=O) groups excluding carboxylic acids is 2. The van der Waals surface area contributed by atoms with Crippen LogP contribution >= 0.6 is 0 Å². The van der Waals surface area contributed by atoms with Gasteiger partial charge in [0.05, 0.1) is 6.61 Å². The van der Waals surface area contributed by atoms with Gasteiger partial charge in [-0.2, -0.15) is 0 Å². The van der Waals surface area contributed by atoms with Crippen LogP contribution in [0, 0.1) is 0 Å². The topological polar surface area (TPSA) is 72.8 Å². The van der Waals surface area contributed by atoms with Crippen LogP contribution in [0.15, 0.2) is 24.8 Å². The van der Waals surface area contributed by atoms with Crippen molar-refractivity contribution >= 4 is 11.9 Å². The van der Waals surface area contributed by atoms with Gasteiger partial charge in [0.15, 0.2) is 0 Å². The summed E-state index contributed by atoms with van der Waals surface area (Å²) in [5.41, 5.74) is 0.318. The van der Waals surface area contributed by atoms with Crippen molar-refractivity contribution in [2.45, 2.75) is 38.9 Å². The van der Waals surface area contributed by atoms with Crippen LogP contribution in [0.3, 0.4) is 0 Å². The molecule has 0 aliphatic carbocycles. The smallest absolute Gasteiger partial charge is 0.333 e. The fourth-order valence-corrected chi connectivity index (χ4v) is 1.17. The predicted octanol–water partition coefficient (Wildman–Crippen LogP) is 1.71. The molecule has 0 heterocycles. The van der Waals surface area contributed by atoms with Gasteiger partial charge in [-0.25, -0.2) is 9.59 Å². The van der Waals surface area contributed by atoms with E-state index in [4.69, 9.17) is 9.47 Å². The minimum absolute atomic E-state index is 0.139. The maximum Gasteiger partial charge on any atom is 0.333 e. The summed E-state index contributed by atoms with van der Waals surface area (Å²) in [5.74, 6) is -2.70. The lowest BCUT2D eigenvalue weighted by Crippen LogP contribution is -2.34. The Balaban J connectivity index is 4.07. The Morgan fingerprint density at radius 3 is 2.50 bits per heavy atom. The number of rotatable bonds is 8. The fourth-order valence-electron chi connectivity index (χ4n) is 1.17. The number of carbonyl (C=O) groups is 2. The van der Waals surface area contributed by atoms with Crippen LogP contribution in [0.2, 0.25) is 0 Å². The largest absolute Gasteiger partial charge is 0.462 e. The van der Waals surface area contributed by atoms with Crippen molar-refractivity contribution in [3.8, 4) is 0 Å². The van der Waals surface area contributed by atoms with Gasteiger partial charge in [0.25, 0.3) is 0 Å². The van der Waals surface area contributed by atoms with Gasteiger partial charge < -0.3 is 14.6 Å². The predicted molar refractivity (Wildman–Crippen MR) is 66.5 cm³/mol. The van der Waals surface area contributed by atoms with Crippen LogP contribution in [0.1, 0.15) is 33.1 Å². The molecule has 0 saturated carbocycles. The number of esters is 2. The van der Waals surface area contributed by atoms with E-state index in [1.807, 2.05) is 0 Å². The molecular weight excluding hydrogens is 236 g/mol. The van der Waals surface area contributed by atoms with E-state index in [2.05, 4.69) is 13.2 Å². The Bertz CT molecular complexity index is 334. The first-order valence-electron chi connectivity index (χ1n) is 5.75. The van der Waals surface area contributed by atoms with Crippen molar-refractivity contribution in [1.29, 1.82) is 0 Å². The monoisotopic (exact) mass is 256 g/mol. The Kier molecular flexibility index (Phi) is 6.97. The minimum Gasteiger partial charge on any atom is -0.462 e. The molecule has 18 heavy (non-hydrogen) atoms. The van der Waals surface area contributed by atoms with Crippen LogP contribution in [-0.2, 0) is 19.1 Å². The summed E-state index contributed by atoms with van der Waals surface area (Å²) in [5, 5.41) is 9.95. The average molecular weight is 256 g/mol. The maximum atomic E-state index is 11.1. The molecule has 0 aromatic carbocycles. The van der Waals surface area contributed by atoms with E-state index in [1.54, 1.807) is 13.8 Å². The first-order valence-corrected chi connectivity index (χ1v) is 5.75. The Hall–Kier alpha value is -1.62. The second kappa shape index (κ2) is 7.66. The highest BCUT2D eigenvalue weighted by Crippen LogP contribution is 2.19. The van der Waals surface area contributed by atoms with E-state index < -0.39 is 17.7 Å². The zero-order valence-electron chi connectivity index (χ0n) is 10.9. The van der Waals surface area contributed by atoms with Crippen LogP contribution in [-0.4, -0.2) is 29.4 Å². The van der Waals surface area contributed by atoms with E-state index >= 15 is 0 Å². The molecule has 5 heteroatoms. The summed E-state index contributed by atoms with van der Waals surface area (Å²) in [7, 11) is 0. The Labute approximate surface area is 107 Å². The summed E-state index contributed by atoms with van der Waals surface area (Å²) in [6.07, 6.45) is 1.81.